The van der Waals surface area contributed by atoms with Crippen molar-refractivity contribution in [2.45, 2.75) is 18.4 Å². The number of amides is 1. The lowest BCUT2D eigenvalue weighted by Crippen LogP contribution is -2.45. The van der Waals surface area contributed by atoms with Crippen molar-refractivity contribution in [2.24, 2.45) is 5.73 Å². The smallest absolute Gasteiger partial charge is 0.234 e. The van der Waals surface area contributed by atoms with E-state index in [1.165, 1.54) is 0 Å². The lowest BCUT2D eigenvalue weighted by atomic mass is 10.3. The SMILES string of the molecule is CN(C)CC(=O)NC1(CN)CC1. The Bertz CT molecular complexity index is 175. The minimum atomic E-state index is -0.0485. The molecule has 4 heteroatoms. The summed E-state index contributed by atoms with van der Waals surface area (Å²) in [5, 5.41) is 2.94. The van der Waals surface area contributed by atoms with Gasteiger partial charge in [-0.25, -0.2) is 0 Å². The molecule has 0 aromatic carbocycles. The van der Waals surface area contributed by atoms with Gasteiger partial charge in [0.25, 0.3) is 0 Å². The summed E-state index contributed by atoms with van der Waals surface area (Å²) in [6.07, 6.45) is 2.06. The van der Waals surface area contributed by atoms with Crippen LogP contribution < -0.4 is 11.1 Å². The van der Waals surface area contributed by atoms with Gasteiger partial charge in [-0.3, -0.25) is 4.79 Å². The summed E-state index contributed by atoms with van der Waals surface area (Å²) in [7, 11) is 3.75. The van der Waals surface area contributed by atoms with E-state index in [1.807, 2.05) is 19.0 Å². The highest BCUT2D eigenvalue weighted by Gasteiger charge is 2.42. The van der Waals surface area contributed by atoms with Crippen molar-refractivity contribution < 1.29 is 4.79 Å². The quantitative estimate of drug-likeness (QED) is 0.579. The first-order chi connectivity index (χ1) is 5.58. The molecule has 1 aliphatic carbocycles. The number of nitrogens with zero attached hydrogens (tertiary/aromatic N) is 1. The Hall–Kier alpha value is -0.610. The fraction of sp³-hybridized carbons (Fsp3) is 0.875. The van der Waals surface area contributed by atoms with Crippen LogP contribution in [0.15, 0.2) is 0 Å². The average Bonchev–Trinajstić information content (AvgIpc) is 2.67. The highest BCUT2D eigenvalue weighted by Crippen LogP contribution is 2.33. The predicted octanol–water partition coefficient (Wildman–Crippen LogP) is -0.844. The standard InChI is InChI=1S/C8H17N3O/c1-11(2)5-7(12)10-8(6-9)3-4-8/h3-6,9H2,1-2H3,(H,10,12). The largest absolute Gasteiger partial charge is 0.348 e. The first-order valence-corrected chi connectivity index (χ1v) is 4.24. The summed E-state index contributed by atoms with van der Waals surface area (Å²) < 4.78 is 0. The fourth-order valence-corrected chi connectivity index (χ4v) is 1.15. The van der Waals surface area contributed by atoms with Crippen LogP contribution in [0.2, 0.25) is 0 Å². The molecule has 0 radical (unpaired) electrons. The van der Waals surface area contributed by atoms with Crippen molar-refractivity contribution in [3.05, 3.63) is 0 Å². The zero-order valence-corrected chi connectivity index (χ0v) is 7.76. The van der Waals surface area contributed by atoms with Gasteiger partial charge in [0.05, 0.1) is 12.1 Å². The first kappa shape index (κ1) is 9.48. The lowest BCUT2D eigenvalue weighted by molar-refractivity contribution is -0.122. The normalized spacial score (nSPS) is 19.3. The highest BCUT2D eigenvalue weighted by molar-refractivity contribution is 5.79. The molecule has 0 aromatic heterocycles. The molecule has 12 heavy (non-hydrogen) atoms. The Kier molecular flexibility index (Phi) is 2.69. The third-order valence-corrected chi connectivity index (χ3v) is 2.11. The van der Waals surface area contributed by atoms with Gasteiger partial charge >= 0.3 is 0 Å². The molecule has 0 saturated heterocycles. The third kappa shape index (κ3) is 2.46. The summed E-state index contributed by atoms with van der Waals surface area (Å²) in [4.78, 5) is 13.1. The molecular formula is C8H17N3O. The second kappa shape index (κ2) is 3.41. The van der Waals surface area contributed by atoms with E-state index in [1.54, 1.807) is 0 Å². The van der Waals surface area contributed by atoms with E-state index in [0.717, 1.165) is 12.8 Å². The molecule has 0 spiro atoms. The molecule has 0 atom stereocenters. The van der Waals surface area contributed by atoms with Gasteiger partial charge in [-0.05, 0) is 26.9 Å². The molecule has 1 amide bonds. The Morgan fingerprint density at radius 3 is 2.50 bits per heavy atom. The molecule has 0 aromatic rings. The summed E-state index contributed by atoms with van der Waals surface area (Å²) in [6, 6.07) is 0. The molecule has 70 valence electrons. The Labute approximate surface area is 73.1 Å². The van der Waals surface area contributed by atoms with Crippen LogP contribution in [-0.2, 0) is 4.79 Å². The van der Waals surface area contributed by atoms with Gasteiger partial charge in [0.2, 0.25) is 5.91 Å². The number of likely N-dealkylation sites (N-methyl/N-ethyl adjacent to an activating group) is 1. The van der Waals surface area contributed by atoms with E-state index in [2.05, 4.69) is 5.32 Å². The van der Waals surface area contributed by atoms with Crippen LogP contribution in [0.3, 0.4) is 0 Å². The predicted molar refractivity (Wildman–Crippen MR) is 47.7 cm³/mol. The van der Waals surface area contributed by atoms with Crippen LogP contribution in [0.4, 0.5) is 0 Å². The molecule has 0 aliphatic heterocycles. The molecule has 0 heterocycles. The maximum Gasteiger partial charge on any atom is 0.234 e. The molecule has 4 nitrogen and oxygen atoms in total. The maximum absolute atomic E-state index is 11.3. The Morgan fingerprint density at radius 1 is 1.58 bits per heavy atom. The minimum absolute atomic E-state index is 0.0485. The molecule has 1 aliphatic rings. The van der Waals surface area contributed by atoms with Crippen LogP contribution in [-0.4, -0.2) is 43.5 Å². The van der Waals surface area contributed by atoms with Gasteiger partial charge in [-0.2, -0.15) is 0 Å². The first-order valence-electron chi connectivity index (χ1n) is 4.24. The summed E-state index contributed by atoms with van der Waals surface area (Å²) in [6.45, 7) is 1.01. The fourth-order valence-electron chi connectivity index (χ4n) is 1.15. The molecule has 1 rings (SSSR count). The lowest BCUT2D eigenvalue weighted by Gasteiger charge is -2.16. The maximum atomic E-state index is 11.3. The zero-order chi connectivity index (χ0) is 9.19. The van der Waals surface area contributed by atoms with E-state index in [-0.39, 0.29) is 11.4 Å². The Balaban J connectivity index is 2.26. The highest BCUT2D eigenvalue weighted by atomic mass is 16.2. The summed E-state index contributed by atoms with van der Waals surface area (Å²) in [5.74, 6) is 0.0722. The van der Waals surface area contributed by atoms with Crippen molar-refractivity contribution in [1.29, 1.82) is 0 Å². The van der Waals surface area contributed by atoms with Crippen molar-refractivity contribution in [1.82, 2.24) is 10.2 Å². The molecule has 1 fully saturated rings. The second-order valence-electron chi connectivity index (χ2n) is 3.77. The van der Waals surface area contributed by atoms with Gasteiger partial charge in [0.15, 0.2) is 0 Å². The van der Waals surface area contributed by atoms with E-state index in [0.29, 0.717) is 13.1 Å². The molecule has 3 N–H and O–H groups in total. The van der Waals surface area contributed by atoms with Gasteiger partial charge in [0, 0.05) is 6.54 Å². The summed E-state index contributed by atoms with van der Waals surface area (Å²) in [5.41, 5.74) is 5.47. The van der Waals surface area contributed by atoms with E-state index in [9.17, 15) is 4.79 Å². The molecule has 0 bridgehead atoms. The number of hydrogen-bond donors (Lipinski definition) is 2. The number of nitrogens with two attached hydrogens (primary N) is 1. The van der Waals surface area contributed by atoms with Crippen molar-refractivity contribution >= 4 is 5.91 Å². The van der Waals surface area contributed by atoms with Crippen LogP contribution >= 0.6 is 0 Å². The topological polar surface area (TPSA) is 58.4 Å². The van der Waals surface area contributed by atoms with E-state index < -0.39 is 0 Å². The Morgan fingerprint density at radius 2 is 2.17 bits per heavy atom. The molecule has 1 saturated carbocycles. The number of rotatable bonds is 4. The second-order valence-corrected chi connectivity index (χ2v) is 3.77. The van der Waals surface area contributed by atoms with Gasteiger partial charge < -0.3 is 16.0 Å². The summed E-state index contributed by atoms with van der Waals surface area (Å²) >= 11 is 0. The van der Waals surface area contributed by atoms with E-state index in [4.69, 9.17) is 5.73 Å². The number of carbonyl (C=O) groups excluding carboxylic acids is 1. The van der Waals surface area contributed by atoms with Gasteiger partial charge in [-0.15, -0.1) is 0 Å². The number of hydrogen-bond acceptors (Lipinski definition) is 3. The van der Waals surface area contributed by atoms with Gasteiger partial charge in [0.1, 0.15) is 0 Å². The van der Waals surface area contributed by atoms with Gasteiger partial charge in [-0.1, -0.05) is 0 Å². The molecular weight excluding hydrogens is 154 g/mol. The number of carbonyl (C=O) groups is 1. The molecule has 0 unspecified atom stereocenters. The monoisotopic (exact) mass is 171 g/mol. The van der Waals surface area contributed by atoms with Crippen LogP contribution in [0.5, 0.6) is 0 Å². The van der Waals surface area contributed by atoms with Crippen LogP contribution in [0.25, 0.3) is 0 Å². The third-order valence-electron chi connectivity index (χ3n) is 2.11. The minimum Gasteiger partial charge on any atom is -0.348 e. The van der Waals surface area contributed by atoms with Crippen molar-refractivity contribution in [2.75, 3.05) is 27.2 Å². The number of nitrogens with one attached hydrogen (secondary N) is 1. The van der Waals surface area contributed by atoms with Crippen LogP contribution in [0, 0.1) is 0 Å². The van der Waals surface area contributed by atoms with Crippen LogP contribution in [0.1, 0.15) is 12.8 Å². The van der Waals surface area contributed by atoms with Crippen molar-refractivity contribution in [3.63, 3.8) is 0 Å². The van der Waals surface area contributed by atoms with E-state index >= 15 is 0 Å². The zero-order valence-electron chi connectivity index (χ0n) is 7.76. The average molecular weight is 171 g/mol. The van der Waals surface area contributed by atoms with Crippen molar-refractivity contribution in [3.8, 4) is 0 Å².